The van der Waals surface area contributed by atoms with Crippen LogP contribution in [0.25, 0.3) is 0 Å². The van der Waals surface area contributed by atoms with Crippen molar-refractivity contribution in [2.45, 2.75) is 38.8 Å². The summed E-state index contributed by atoms with van der Waals surface area (Å²) in [6.45, 7) is 2.52. The number of nitrogens with one attached hydrogen (secondary N) is 1. The van der Waals surface area contributed by atoms with Crippen molar-refractivity contribution < 1.29 is 14.5 Å². The van der Waals surface area contributed by atoms with E-state index in [0.29, 0.717) is 29.1 Å². The fraction of sp³-hybridized carbons (Fsp3) is 0.259. The van der Waals surface area contributed by atoms with E-state index in [9.17, 15) is 19.7 Å². The molecule has 0 aliphatic carbocycles. The lowest BCUT2D eigenvalue weighted by atomic mass is 10.0. The van der Waals surface area contributed by atoms with E-state index in [1.165, 1.54) is 11.0 Å². The number of hydrogen-bond donors (Lipinski definition) is 1. The first kappa shape index (κ1) is 25.9. The second-order valence-corrected chi connectivity index (χ2v) is 8.58. The summed E-state index contributed by atoms with van der Waals surface area (Å²) >= 11 is 6.40. The molecule has 7 nitrogen and oxygen atoms in total. The zero-order valence-electron chi connectivity index (χ0n) is 19.5. The van der Waals surface area contributed by atoms with Gasteiger partial charge in [0.25, 0.3) is 5.69 Å². The van der Waals surface area contributed by atoms with Crippen molar-refractivity contribution in [2.24, 2.45) is 0 Å². The van der Waals surface area contributed by atoms with Gasteiger partial charge in [-0.2, -0.15) is 0 Å². The van der Waals surface area contributed by atoms with Crippen molar-refractivity contribution in [1.29, 1.82) is 0 Å². The number of nitro benzene ring substituents is 1. The number of para-hydroxylation sites is 1. The summed E-state index contributed by atoms with van der Waals surface area (Å²) < 4.78 is 0. The van der Waals surface area contributed by atoms with E-state index in [1.54, 1.807) is 36.4 Å². The van der Waals surface area contributed by atoms with Crippen molar-refractivity contribution in [2.75, 3.05) is 6.54 Å². The third-order valence-electron chi connectivity index (χ3n) is 5.65. The molecule has 0 aliphatic heterocycles. The molecule has 0 fully saturated rings. The van der Waals surface area contributed by atoms with Crippen LogP contribution in [0.5, 0.6) is 0 Å². The highest BCUT2D eigenvalue weighted by molar-refractivity contribution is 6.31. The van der Waals surface area contributed by atoms with Gasteiger partial charge in [0, 0.05) is 36.2 Å². The SMILES string of the molecule is CCCNC(=O)[C@H](Cc1ccccc1)N(Cc1ccccc1Cl)C(=O)Cc1ccccc1[N+](=O)[O-]. The number of rotatable bonds is 11. The Labute approximate surface area is 209 Å². The second-order valence-electron chi connectivity index (χ2n) is 8.17. The average Bonchev–Trinajstić information content (AvgIpc) is 2.86. The van der Waals surface area contributed by atoms with Gasteiger partial charge in [0.05, 0.1) is 11.3 Å². The van der Waals surface area contributed by atoms with Crippen LogP contribution in [0.2, 0.25) is 5.02 Å². The molecule has 1 N–H and O–H groups in total. The quantitative estimate of drug-likeness (QED) is 0.302. The molecule has 2 amide bonds. The summed E-state index contributed by atoms with van der Waals surface area (Å²) in [6.07, 6.45) is 0.829. The molecule has 1 atom stereocenters. The van der Waals surface area contributed by atoms with Crippen molar-refractivity contribution >= 4 is 29.1 Å². The number of carbonyl (C=O) groups excluding carboxylic acids is 2. The number of benzene rings is 3. The molecule has 0 heterocycles. The average molecular weight is 494 g/mol. The second kappa shape index (κ2) is 12.7. The third kappa shape index (κ3) is 7.13. The van der Waals surface area contributed by atoms with Crippen LogP contribution in [0, 0.1) is 10.1 Å². The molecule has 35 heavy (non-hydrogen) atoms. The van der Waals surface area contributed by atoms with Crippen LogP contribution in [0.15, 0.2) is 78.9 Å². The number of nitro groups is 1. The lowest BCUT2D eigenvalue weighted by molar-refractivity contribution is -0.385. The lowest BCUT2D eigenvalue weighted by Gasteiger charge is -2.32. The maximum atomic E-state index is 13.7. The number of carbonyl (C=O) groups is 2. The van der Waals surface area contributed by atoms with Gasteiger partial charge in [0.2, 0.25) is 11.8 Å². The van der Waals surface area contributed by atoms with Crippen LogP contribution >= 0.6 is 11.6 Å². The van der Waals surface area contributed by atoms with E-state index in [2.05, 4.69) is 5.32 Å². The van der Waals surface area contributed by atoms with E-state index >= 15 is 0 Å². The molecule has 3 aromatic rings. The van der Waals surface area contributed by atoms with Gasteiger partial charge < -0.3 is 10.2 Å². The Balaban J connectivity index is 2.01. The van der Waals surface area contributed by atoms with Crippen LogP contribution in [-0.2, 0) is 29.0 Å². The topological polar surface area (TPSA) is 92.6 Å². The fourth-order valence-electron chi connectivity index (χ4n) is 3.83. The summed E-state index contributed by atoms with van der Waals surface area (Å²) in [5.41, 5.74) is 1.74. The van der Waals surface area contributed by atoms with E-state index in [0.717, 1.165) is 12.0 Å². The van der Waals surface area contributed by atoms with Gasteiger partial charge in [-0.1, -0.05) is 85.3 Å². The minimum Gasteiger partial charge on any atom is -0.354 e. The Bertz CT molecular complexity index is 1170. The molecule has 0 bridgehead atoms. The first-order valence-electron chi connectivity index (χ1n) is 11.5. The van der Waals surface area contributed by atoms with E-state index in [4.69, 9.17) is 11.6 Å². The molecule has 0 saturated carbocycles. The Kier molecular flexibility index (Phi) is 9.38. The predicted octanol–water partition coefficient (Wildman–Crippen LogP) is 4.96. The van der Waals surface area contributed by atoms with Crippen molar-refractivity contribution in [3.8, 4) is 0 Å². The van der Waals surface area contributed by atoms with Gasteiger partial charge >= 0.3 is 0 Å². The van der Waals surface area contributed by atoms with E-state index < -0.39 is 16.9 Å². The molecular formula is C27H28ClN3O4. The van der Waals surface area contributed by atoms with Crippen molar-refractivity contribution in [1.82, 2.24) is 10.2 Å². The zero-order valence-corrected chi connectivity index (χ0v) is 20.3. The molecule has 0 aliphatic rings. The largest absolute Gasteiger partial charge is 0.354 e. The molecule has 0 radical (unpaired) electrons. The first-order valence-corrected chi connectivity index (χ1v) is 11.8. The number of halogens is 1. The third-order valence-corrected chi connectivity index (χ3v) is 6.02. The smallest absolute Gasteiger partial charge is 0.273 e. The number of hydrogen-bond acceptors (Lipinski definition) is 4. The summed E-state index contributed by atoms with van der Waals surface area (Å²) in [6, 6.07) is 21.9. The Hall–Kier alpha value is -3.71. The Morgan fingerprint density at radius 1 is 0.971 bits per heavy atom. The minimum atomic E-state index is -0.824. The molecule has 0 unspecified atom stereocenters. The van der Waals surface area contributed by atoms with Crippen LogP contribution in [0.3, 0.4) is 0 Å². The molecule has 3 aromatic carbocycles. The molecule has 0 spiro atoms. The monoisotopic (exact) mass is 493 g/mol. The molecule has 0 aromatic heterocycles. The van der Waals surface area contributed by atoms with Gasteiger partial charge in [-0.25, -0.2) is 0 Å². The number of nitrogens with zero attached hydrogens (tertiary/aromatic N) is 2. The van der Waals surface area contributed by atoms with Crippen LogP contribution in [0.4, 0.5) is 5.69 Å². The molecule has 182 valence electrons. The highest BCUT2D eigenvalue weighted by Crippen LogP contribution is 2.23. The maximum Gasteiger partial charge on any atom is 0.273 e. The molecule has 3 rings (SSSR count). The number of amides is 2. The summed E-state index contributed by atoms with van der Waals surface area (Å²) in [5, 5.41) is 14.9. The van der Waals surface area contributed by atoms with Gasteiger partial charge in [0.15, 0.2) is 0 Å². The summed E-state index contributed by atoms with van der Waals surface area (Å²) in [7, 11) is 0. The zero-order chi connectivity index (χ0) is 25.2. The van der Waals surface area contributed by atoms with Crippen LogP contribution in [-0.4, -0.2) is 34.2 Å². The summed E-state index contributed by atoms with van der Waals surface area (Å²) in [5.74, 6) is -0.675. The van der Waals surface area contributed by atoms with Crippen molar-refractivity contribution in [3.05, 3.63) is 111 Å². The highest BCUT2D eigenvalue weighted by Gasteiger charge is 2.31. The fourth-order valence-corrected chi connectivity index (χ4v) is 4.03. The first-order chi connectivity index (χ1) is 16.9. The normalized spacial score (nSPS) is 11.5. The lowest BCUT2D eigenvalue weighted by Crippen LogP contribution is -2.51. The van der Waals surface area contributed by atoms with E-state index in [1.807, 2.05) is 43.3 Å². The highest BCUT2D eigenvalue weighted by atomic mass is 35.5. The standard InChI is InChI=1S/C27H28ClN3O4/c1-2-16-29-27(33)25(17-20-10-4-3-5-11-20)30(19-22-13-6-8-14-23(22)28)26(32)18-21-12-7-9-15-24(21)31(34)35/h3-15,25H,2,16-19H2,1H3,(H,29,33)/t25-/m0/s1. The van der Waals surface area contributed by atoms with Crippen LogP contribution in [0.1, 0.15) is 30.0 Å². The molecule has 8 heteroatoms. The van der Waals surface area contributed by atoms with E-state index in [-0.39, 0.29) is 24.6 Å². The van der Waals surface area contributed by atoms with Gasteiger partial charge in [-0.3, -0.25) is 19.7 Å². The molecule has 0 saturated heterocycles. The van der Waals surface area contributed by atoms with Gasteiger partial charge in [-0.05, 0) is 23.6 Å². The van der Waals surface area contributed by atoms with Gasteiger partial charge in [-0.15, -0.1) is 0 Å². The van der Waals surface area contributed by atoms with Gasteiger partial charge in [0.1, 0.15) is 6.04 Å². The maximum absolute atomic E-state index is 13.7. The Morgan fingerprint density at radius 2 is 1.60 bits per heavy atom. The van der Waals surface area contributed by atoms with Crippen molar-refractivity contribution in [3.63, 3.8) is 0 Å². The minimum absolute atomic E-state index is 0.0934. The summed E-state index contributed by atoms with van der Waals surface area (Å²) in [4.78, 5) is 39.5. The molecular weight excluding hydrogens is 466 g/mol. The Morgan fingerprint density at radius 3 is 2.26 bits per heavy atom. The van der Waals surface area contributed by atoms with Crippen LogP contribution < -0.4 is 5.32 Å². The predicted molar refractivity (Wildman–Crippen MR) is 136 cm³/mol.